The van der Waals surface area contributed by atoms with Gasteiger partial charge in [0.15, 0.2) is 0 Å². The Balaban J connectivity index is 3.49. The summed E-state index contributed by atoms with van der Waals surface area (Å²) in [5.74, 6) is -0.0950. The maximum absolute atomic E-state index is 11.9. The molecule has 0 saturated heterocycles. The second-order valence-corrected chi connectivity index (χ2v) is 7.64. The lowest BCUT2D eigenvalue weighted by Crippen LogP contribution is -2.20. The predicted molar refractivity (Wildman–Crippen MR) is 111 cm³/mol. The number of esters is 1. The van der Waals surface area contributed by atoms with Crippen molar-refractivity contribution in [3.05, 3.63) is 0 Å². The molecule has 0 amide bonds. The Morgan fingerprint density at radius 1 is 0.654 bits per heavy atom. The van der Waals surface area contributed by atoms with Gasteiger partial charge in [0, 0.05) is 20.0 Å². The van der Waals surface area contributed by atoms with Crippen molar-refractivity contribution < 1.29 is 14.3 Å². The third-order valence-electron chi connectivity index (χ3n) is 5.05. The number of carbonyl (C=O) groups excluding carboxylic acids is 1. The van der Waals surface area contributed by atoms with E-state index in [0.717, 1.165) is 25.7 Å². The second-order valence-electron chi connectivity index (χ2n) is 7.64. The SMILES string of the molecule is CCCCCCCCCCC(=O)OC(CCCCCCCCCC)OC. The molecule has 0 spiro atoms. The molecule has 0 aromatic rings. The van der Waals surface area contributed by atoms with Gasteiger partial charge >= 0.3 is 5.97 Å². The van der Waals surface area contributed by atoms with Gasteiger partial charge in [-0.15, -0.1) is 0 Å². The van der Waals surface area contributed by atoms with Gasteiger partial charge in [-0.05, 0) is 12.8 Å². The van der Waals surface area contributed by atoms with Gasteiger partial charge in [-0.2, -0.15) is 0 Å². The van der Waals surface area contributed by atoms with Crippen LogP contribution in [0, 0.1) is 0 Å². The van der Waals surface area contributed by atoms with Crippen LogP contribution < -0.4 is 0 Å². The molecule has 1 atom stereocenters. The molecule has 0 aromatic heterocycles. The molecule has 0 saturated carbocycles. The van der Waals surface area contributed by atoms with Crippen molar-refractivity contribution in [1.82, 2.24) is 0 Å². The molecule has 3 heteroatoms. The van der Waals surface area contributed by atoms with Gasteiger partial charge in [-0.1, -0.05) is 104 Å². The highest BCUT2D eigenvalue weighted by molar-refractivity contribution is 5.69. The maximum Gasteiger partial charge on any atom is 0.308 e. The van der Waals surface area contributed by atoms with E-state index in [1.807, 2.05) is 0 Å². The maximum atomic E-state index is 11.9. The smallest absolute Gasteiger partial charge is 0.308 e. The quantitative estimate of drug-likeness (QED) is 0.126. The largest absolute Gasteiger partial charge is 0.436 e. The summed E-state index contributed by atoms with van der Waals surface area (Å²) in [5.41, 5.74) is 0. The molecule has 0 N–H and O–H groups in total. The summed E-state index contributed by atoms with van der Waals surface area (Å²) in [6.07, 6.45) is 21.3. The van der Waals surface area contributed by atoms with Crippen LogP contribution in [0.4, 0.5) is 0 Å². The van der Waals surface area contributed by atoms with Gasteiger partial charge in [-0.25, -0.2) is 0 Å². The fourth-order valence-corrected chi connectivity index (χ4v) is 3.28. The second kappa shape index (κ2) is 20.7. The fourth-order valence-electron chi connectivity index (χ4n) is 3.28. The van der Waals surface area contributed by atoms with Crippen molar-refractivity contribution in [3.63, 3.8) is 0 Å². The van der Waals surface area contributed by atoms with E-state index in [1.165, 1.54) is 83.5 Å². The van der Waals surface area contributed by atoms with E-state index in [4.69, 9.17) is 9.47 Å². The molecule has 0 heterocycles. The van der Waals surface area contributed by atoms with Crippen molar-refractivity contribution in [2.75, 3.05) is 7.11 Å². The normalized spacial score (nSPS) is 12.3. The van der Waals surface area contributed by atoms with Crippen molar-refractivity contribution in [2.24, 2.45) is 0 Å². The standard InChI is InChI=1S/C23H46O3/c1-4-6-8-10-12-14-16-18-20-22(24)26-23(25-3)21-19-17-15-13-11-9-7-5-2/h23H,4-21H2,1-3H3. The molecular weight excluding hydrogens is 324 g/mol. The molecule has 0 aliphatic carbocycles. The molecule has 0 aromatic carbocycles. The summed E-state index contributed by atoms with van der Waals surface area (Å²) in [6, 6.07) is 0. The van der Waals surface area contributed by atoms with E-state index in [-0.39, 0.29) is 12.3 Å². The number of hydrogen-bond donors (Lipinski definition) is 0. The molecule has 0 aliphatic heterocycles. The molecule has 0 fully saturated rings. The molecule has 26 heavy (non-hydrogen) atoms. The predicted octanol–water partition coefficient (Wildman–Crippen LogP) is 7.56. The van der Waals surface area contributed by atoms with Crippen LogP contribution in [0.15, 0.2) is 0 Å². The van der Waals surface area contributed by atoms with Gasteiger partial charge in [0.2, 0.25) is 6.29 Å². The zero-order valence-electron chi connectivity index (χ0n) is 18.0. The van der Waals surface area contributed by atoms with Crippen molar-refractivity contribution in [2.45, 2.75) is 136 Å². The average molecular weight is 371 g/mol. The summed E-state index contributed by atoms with van der Waals surface area (Å²) >= 11 is 0. The van der Waals surface area contributed by atoms with E-state index in [2.05, 4.69) is 13.8 Å². The Bertz CT molecular complexity index is 291. The highest BCUT2D eigenvalue weighted by atomic mass is 16.7. The number of rotatable bonds is 20. The third-order valence-corrected chi connectivity index (χ3v) is 5.05. The van der Waals surface area contributed by atoms with Crippen LogP contribution in [0.1, 0.15) is 129 Å². The van der Waals surface area contributed by atoms with Gasteiger partial charge in [0.05, 0.1) is 0 Å². The first kappa shape index (κ1) is 25.4. The first-order valence-corrected chi connectivity index (χ1v) is 11.5. The van der Waals surface area contributed by atoms with E-state index in [0.29, 0.717) is 6.42 Å². The van der Waals surface area contributed by atoms with Crippen LogP contribution >= 0.6 is 0 Å². The summed E-state index contributed by atoms with van der Waals surface area (Å²) in [6.45, 7) is 4.49. The highest BCUT2D eigenvalue weighted by Crippen LogP contribution is 2.14. The molecule has 156 valence electrons. The zero-order valence-corrected chi connectivity index (χ0v) is 18.0. The van der Waals surface area contributed by atoms with Crippen LogP contribution in [-0.4, -0.2) is 19.4 Å². The van der Waals surface area contributed by atoms with E-state index >= 15 is 0 Å². The first-order valence-electron chi connectivity index (χ1n) is 11.5. The number of methoxy groups -OCH3 is 1. The zero-order chi connectivity index (χ0) is 19.3. The average Bonchev–Trinajstić information content (AvgIpc) is 2.65. The minimum Gasteiger partial charge on any atom is -0.436 e. The van der Waals surface area contributed by atoms with Crippen LogP contribution in [0.25, 0.3) is 0 Å². The van der Waals surface area contributed by atoms with Gasteiger partial charge in [0.1, 0.15) is 0 Å². The summed E-state index contributed by atoms with van der Waals surface area (Å²) in [5, 5.41) is 0. The Hall–Kier alpha value is -0.570. The molecule has 0 aliphatic rings. The molecule has 0 rings (SSSR count). The summed E-state index contributed by atoms with van der Waals surface area (Å²) < 4.78 is 10.8. The molecule has 3 nitrogen and oxygen atoms in total. The van der Waals surface area contributed by atoms with Gasteiger partial charge < -0.3 is 9.47 Å². The first-order chi connectivity index (χ1) is 12.7. The Morgan fingerprint density at radius 3 is 1.54 bits per heavy atom. The number of ether oxygens (including phenoxy) is 2. The van der Waals surface area contributed by atoms with Crippen molar-refractivity contribution in [1.29, 1.82) is 0 Å². The number of hydrogen-bond acceptors (Lipinski definition) is 3. The minimum absolute atomic E-state index is 0.0950. The summed E-state index contributed by atoms with van der Waals surface area (Å²) in [7, 11) is 1.64. The Kier molecular flexibility index (Phi) is 20.3. The Morgan fingerprint density at radius 2 is 1.08 bits per heavy atom. The van der Waals surface area contributed by atoms with Crippen LogP contribution in [0.2, 0.25) is 0 Å². The van der Waals surface area contributed by atoms with Crippen LogP contribution in [0.3, 0.4) is 0 Å². The van der Waals surface area contributed by atoms with Crippen LogP contribution in [0.5, 0.6) is 0 Å². The minimum atomic E-state index is -0.350. The van der Waals surface area contributed by atoms with E-state index < -0.39 is 0 Å². The van der Waals surface area contributed by atoms with Gasteiger partial charge in [-0.3, -0.25) is 4.79 Å². The lowest BCUT2D eigenvalue weighted by atomic mass is 10.1. The lowest BCUT2D eigenvalue weighted by molar-refractivity contribution is -0.174. The van der Waals surface area contributed by atoms with Crippen LogP contribution in [-0.2, 0) is 14.3 Å². The van der Waals surface area contributed by atoms with Gasteiger partial charge in [0.25, 0.3) is 0 Å². The Labute approximate surface area is 163 Å². The van der Waals surface area contributed by atoms with E-state index in [1.54, 1.807) is 7.11 Å². The van der Waals surface area contributed by atoms with Crippen molar-refractivity contribution >= 4 is 5.97 Å². The highest BCUT2D eigenvalue weighted by Gasteiger charge is 2.12. The number of carbonyl (C=O) groups is 1. The topological polar surface area (TPSA) is 35.5 Å². The van der Waals surface area contributed by atoms with E-state index in [9.17, 15) is 4.79 Å². The summed E-state index contributed by atoms with van der Waals surface area (Å²) in [4.78, 5) is 11.9. The fraction of sp³-hybridized carbons (Fsp3) is 0.957. The molecule has 0 bridgehead atoms. The molecule has 1 unspecified atom stereocenters. The molecule has 0 radical (unpaired) electrons. The molecular formula is C23H46O3. The third kappa shape index (κ3) is 18.2. The number of unbranched alkanes of at least 4 members (excludes halogenated alkanes) is 14. The lowest BCUT2D eigenvalue weighted by Gasteiger charge is -2.16. The van der Waals surface area contributed by atoms with Crippen molar-refractivity contribution in [3.8, 4) is 0 Å². The monoisotopic (exact) mass is 370 g/mol.